The summed E-state index contributed by atoms with van der Waals surface area (Å²) in [6.07, 6.45) is 1.48. The number of amides is 1. The molecule has 0 N–H and O–H groups in total. The zero-order chi connectivity index (χ0) is 8.39. The SMILES string of the molecule is O=C(c1ccno1)N1CCSC1. The molecular weight excluding hydrogens is 176 g/mol. The molecule has 1 amide bonds. The molecule has 4 nitrogen and oxygen atoms in total. The molecule has 0 radical (unpaired) electrons. The van der Waals surface area contributed by atoms with Gasteiger partial charge < -0.3 is 9.42 Å². The number of hydrogen-bond donors (Lipinski definition) is 0. The van der Waals surface area contributed by atoms with E-state index < -0.39 is 0 Å². The van der Waals surface area contributed by atoms with Crippen LogP contribution in [-0.2, 0) is 0 Å². The second-order valence-electron chi connectivity index (χ2n) is 2.48. The molecule has 0 aliphatic carbocycles. The van der Waals surface area contributed by atoms with Crippen molar-refractivity contribution < 1.29 is 9.32 Å². The standard InChI is InChI=1S/C7H8N2O2S/c10-7(6-1-2-8-11-6)9-3-4-12-5-9/h1-2H,3-5H2. The zero-order valence-corrected chi connectivity index (χ0v) is 7.21. The Hall–Kier alpha value is -0.970. The van der Waals surface area contributed by atoms with E-state index in [4.69, 9.17) is 4.52 Å². The van der Waals surface area contributed by atoms with Gasteiger partial charge in [0.2, 0.25) is 5.76 Å². The van der Waals surface area contributed by atoms with Crippen molar-refractivity contribution in [3.63, 3.8) is 0 Å². The molecule has 5 heteroatoms. The third kappa shape index (κ3) is 1.32. The molecule has 0 spiro atoms. The van der Waals surface area contributed by atoms with Gasteiger partial charge in [0, 0.05) is 18.4 Å². The Morgan fingerprint density at radius 1 is 1.75 bits per heavy atom. The molecule has 1 fully saturated rings. The quantitative estimate of drug-likeness (QED) is 0.648. The lowest BCUT2D eigenvalue weighted by Crippen LogP contribution is -2.27. The predicted octanol–water partition coefficient (Wildman–Crippen LogP) is 0.821. The van der Waals surface area contributed by atoms with Crippen molar-refractivity contribution in [2.75, 3.05) is 18.2 Å². The van der Waals surface area contributed by atoms with Crippen molar-refractivity contribution in [3.05, 3.63) is 18.0 Å². The van der Waals surface area contributed by atoms with Crippen molar-refractivity contribution in [3.8, 4) is 0 Å². The maximum Gasteiger partial charge on any atom is 0.293 e. The van der Waals surface area contributed by atoms with Crippen molar-refractivity contribution in [2.24, 2.45) is 0 Å². The summed E-state index contributed by atoms with van der Waals surface area (Å²) in [6, 6.07) is 1.59. The van der Waals surface area contributed by atoms with Crippen molar-refractivity contribution >= 4 is 17.7 Å². The third-order valence-electron chi connectivity index (χ3n) is 1.69. The maximum absolute atomic E-state index is 11.5. The van der Waals surface area contributed by atoms with E-state index in [-0.39, 0.29) is 5.91 Å². The first kappa shape index (κ1) is 7.67. The van der Waals surface area contributed by atoms with Gasteiger partial charge in [-0.1, -0.05) is 5.16 Å². The van der Waals surface area contributed by atoms with Crippen LogP contribution in [0.2, 0.25) is 0 Å². The Bertz CT molecular complexity index is 267. The second-order valence-corrected chi connectivity index (χ2v) is 3.56. The lowest BCUT2D eigenvalue weighted by Gasteiger charge is -2.10. The van der Waals surface area contributed by atoms with Gasteiger partial charge in [-0.05, 0) is 0 Å². The first-order chi connectivity index (χ1) is 5.88. The molecule has 1 saturated heterocycles. The summed E-state index contributed by atoms with van der Waals surface area (Å²) in [5.41, 5.74) is 0. The van der Waals surface area contributed by atoms with E-state index in [1.54, 1.807) is 22.7 Å². The number of thioether (sulfide) groups is 1. The molecule has 1 aromatic rings. The van der Waals surface area contributed by atoms with Gasteiger partial charge in [-0.2, -0.15) is 0 Å². The van der Waals surface area contributed by atoms with Crippen molar-refractivity contribution in [1.29, 1.82) is 0 Å². The molecule has 0 saturated carbocycles. The molecule has 64 valence electrons. The highest BCUT2D eigenvalue weighted by Gasteiger charge is 2.21. The molecule has 1 aliphatic rings. The molecule has 0 aromatic carbocycles. The molecule has 2 heterocycles. The fourth-order valence-electron chi connectivity index (χ4n) is 1.06. The van der Waals surface area contributed by atoms with Crippen molar-refractivity contribution in [1.82, 2.24) is 10.1 Å². The Labute approximate surface area is 73.9 Å². The monoisotopic (exact) mass is 184 g/mol. The van der Waals surface area contributed by atoms with Crippen LogP contribution in [0.4, 0.5) is 0 Å². The van der Waals surface area contributed by atoms with Crippen LogP contribution in [0.3, 0.4) is 0 Å². The first-order valence-corrected chi connectivity index (χ1v) is 4.81. The van der Waals surface area contributed by atoms with Crippen LogP contribution in [0.1, 0.15) is 10.6 Å². The number of rotatable bonds is 1. The third-order valence-corrected chi connectivity index (χ3v) is 2.65. The number of carbonyl (C=O) groups excluding carboxylic acids is 1. The predicted molar refractivity (Wildman–Crippen MR) is 44.9 cm³/mol. The molecule has 0 atom stereocenters. The summed E-state index contributed by atoms with van der Waals surface area (Å²) in [5, 5.41) is 3.49. The van der Waals surface area contributed by atoms with Crippen LogP contribution in [-0.4, -0.2) is 34.1 Å². The number of nitrogens with zero attached hydrogens (tertiary/aromatic N) is 2. The van der Waals surface area contributed by atoms with E-state index in [9.17, 15) is 4.79 Å². The van der Waals surface area contributed by atoms with Crippen LogP contribution < -0.4 is 0 Å². The first-order valence-electron chi connectivity index (χ1n) is 3.65. The van der Waals surface area contributed by atoms with Gasteiger partial charge in [0.25, 0.3) is 5.91 Å². The van der Waals surface area contributed by atoms with Gasteiger partial charge in [0.05, 0.1) is 12.1 Å². The Balaban J connectivity index is 2.09. The van der Waals surface area contributed by atoms with E-state index in [2.05, 4.69) is 5.16 Å². The highest BCUT2D eigenvalue weighted by Crippen LogP contribution is 2.15. The average molecular weight is 184 g/mol. The van der Waals surface area contributed by atoms with Crippen LogP contribution in [0.5, 0.6) is 0 Å². The number of carbonyl (C=O) groups is 1. The summed E-state index contributed by atoms with van der Waals surface area (Å²) >= 11 is 1.75. The summed E-state index contributed by atoms with van der Waals surface area (Å²) < 4.78 is 4.76. The normalized spacial score (nSPS) is 16.8. The summed E-state index contributed by atoms with van der Waals surface area (Å²) in [4.78, 5) is 13.2. The highest BCUT2D eigenvalue weighted by molar-refractivity contribution is 7.99. The second kappa shape index (κ2) is 3.18. The van der Waals surface area contributed by atoms with Crippen LogP contribution in [0.15, 0.2) is 16.8 Å². The van der Waals surface area contributed by atoms with E-state index >= 15 is 0 Å². The van der Waals surface area contributed by atoms with Crippen LogP contribution in [0.25, 0.3) is 0 Å². The van der Waals surface area contributed by atoms with Crippen LogP contribution >= 0.6 is 11.8 Å². The Morgan fingerprint density at radius 2 is 2.67 bits per heavy atom. The molecule has 0 bridgehead atoms. The molecule has 12 heavy (non-hydrogen) atoms. The van der Waals surface area contributed by atoms with Crippen molar-refractivity contribution in [2.45, 2.75) is 0 Å². The summed E-state index contributed by atoms with van der Waals surface area (Å²) in [6.45, 7) is 0.810. The van der Waals surface area contributed by atoms with Crippen LogP contribution in [0, 0.1) is 0 Å². The Kier molecular flexibility index (Phi) is 2.03. The minimum Gasteiger partial charge on any atom is -0.351 e. The topological polar surface area (TPSA) is 46.3 Å². The van der Waals surface area contributed by atoms with Gasteiger partial charge in [-0.25, -0.2) is 0 Å². The molecule has 2 rings (SSSR count). The fourth-order valence-corrected chi connectivity index (χ4v) is 2.00. The number of aromatic nitrogens is 1. The van der Waals surface area contributed by atoms with Gasteiger partial charge in [0.1, 0.15) is 0 Å². The molecule has 1 aromatic heterocycles. The smallest absolute Gasteiger partial charge is 0.293 e. The maximum atomic E-state index is 11.5. The lowest BCUT2D eigenvalue weighted by molar-refractivity contribution is 0.0761. The molecular formula is C7H8N2O2S. The highest BCUT2D eigenvalue weighted by atomic mass is 32.2. The van der Waals surface area contributed by atoms with Gasteiger partial charge >= 0.3 is 0 Å². The fraction of sp³-hybridized carbons (Fsp3) is 0.429. The number of hydrogen-bond acceptors (Lipinski definition) is 4. The zero-order valence-electron chi connectivity index (χ0n) is 6.40. The van der Waals surface area contributed by atoms with E-state index in [0.717, 1.165) is 18.2 Å². The van der Waals surface area contributed by atoms with Gasteiger partial charge in [0.15, 0.2) is 0 Å². The molecule has 0 unspecified atom stereocenters. The lowest BCUT2D eigenvalue weighted by atomic mass is 10.4. The summed E-state index contributed by atoms with van der Waals surface area (Å²) in [5.74, 6) is 2.05. The summed E-state index contributed by atoms with van der Waals surface area (Å²) in [7, 11) is 0. The molecule has 1 aliphatic heterocycles. The van der Waals surface area contributed by atoms with E-state index in [1.165, 1.54) is 6.20 Å². The minimum absolute atomic E-state index is 0.0579. The van der Waals surface area contributed by atoms with E-state index in [0.29, 0.717) is 5.76 Å². The largest absolute Gasteiger partial charge is 0.351 e. The average Bonchev–Trinajstić information content (AvgIpc) is 2.77. The van der Waals surface area contributed by atoms with Gasteiger partial charge in [-0.3, -0.25) is 4.79 Å². The Morgan fingerprint density at radius 3 is 3.25 bits per heavy atom. The van der Waals surface area contributed by atoms with E-state index in [1.807, 2.05) is 0 Å². The minimum atomic E-state index is -0.0579. The van der Waals surface area contributed by atoms with Gasteiger partial charge in [-0.15, -0.1) is 11.8 Å².